The molecule has 1 fully saturated rings. The first-order valence-electron chi connectivity index (χ1n) is 3.09. The van der Waals surface area contributed by atoms with Gasteiger partial charge >= 0.3 is 0 Å². The van der Waals surface area contributed by atoms with Crippen LogP contribution < -0.4 is 0 Å². The molecule has 3 aliphatic heterocycles. The summed E-state index contributed by atoms with van der Waals surface area (Å²) in [5.41, 5.74) is 0. The summed E-state index contributed by atoms with van der Waals surface area (Å²) < 4.78 is 0. The zero-order valence-corrected chi connectivity index (χ0v) is 5.57. The van der Waals surface area contributed by atoms with Crippen molar-refractivity contribution in [3.63, 3.8) is 0 Å². The molecule has 0 spiro atoms. The standard InChI is InChI=1S/C6H5NOS/c8-5-2-3-1-4-6(9-4)7(3)5/h3H,1-2H2/t3-/m1/s1. The summed E-state index contributed by atoms with van der Waals surface area (Å²) in [6.45, 7) is 0. The molecule has 0 radical (unpaired) electrons. The summed E-state index contributed by atoms with van der Waals surface area (Å²) in [4.78, 5) is 14.2. The van der Waals surface area contributed by atoms with E-state index in [2.05, 4.69) is 0 Å². The second kappa shape index (κ2) is 1.06. The molecule has 0 aliphatic carbocycles. The fourth-order valence-corrected chi connectivity index (χ4v) is 2.53. The lowest BCUT2D eigenvalue weighted by molar-refractivity contribution is -0.140. The molecule has 0 unspecified atom stereocenters. The SMILES string of the molecule is O=C1C[C@H]2CC3=C(S3)N12. The fraction of sp³-hybridized carbons (Fsp3) is 0.500. The van der Waals surface area contributed by atoms with E-state index in [9.17, 15) is 4.79 Å². The highest BCUT2D eigenvalue weighted by Gasteiger charge is 2.51. The normalized spacial score (nSPS) is 36.2. The van der Waals surface area contributed by atoms with Gasteiger partial charge in [-0.15, -0.1) is 0 Å². The Bertz CT molecular complexity index is 245. The van der Waals surface area contributed by atoms with Crippen LogP contribution in [0.5, 0.6) is 0 Å². The summed E-state index contributed by atoms with van der Waals surface area (Å²) in [5.74, 6) is 0.329. The molecule has 0 aromatic heterocycles. The van der Waals surface area contributed by atoms with E-state index in [4.69, 9.17) is 0 Å². The van der Waals surface area contributed by atoms with E-state index in [1.165, 1.54) is 9.93 Å². The smallest absolute Gasteiger partial charge is 0.229 e. The number of amides is 1. The average molecular weight is 139 g/mol. The third-order valence-corrected chi connectivity index (χ3v) is 3.14. The lowest BCUT2D eigenvalue weighted by atomic mass is 10.0. The molecule has 3 aliphatic rings. The predicted molar refractivity (Wildman–Crippen MR) is 34.5 cm³/mol. The second-order valence-electron chi connectivity index (χ2n) is 2.66. The van der Waals surface area contributed by atoms with Gasteiger partial charge in [0.15, 0.2) is 0 Å². The minimum absolute atomic E-state index is 0.329. The first kappa shape index (κ1) is 4.39. The van der Waals surface area contributed by atoms with Gasteiger partial charge in [-0.25, -0.2) is 0 Å². The fourth-order valence-electron chi connectivity index (χ4n) is 1.54. The third kappa shape index (κ3) is 0.358. The summed E-state index contributed by atoms with van der Waals surface area (Å²) in [6, 6.07) is 0.587. The number of carbonyl (C=O) groups excluding carboxylic acids is 1. The van der Waals surface area contributed by atoms with E-state index in [0.29, 0.717) is 11.9 Å². The Hall–Kier alpha value is -0.440. The summed E-state index contributed by atoms with van der Waals surface area (Å²) in [7, 11) is 0. The van der Waals surface area contributed by atoms with Crippen LogP contribution in [-0.4, -0.2) is 16.8 Å². The average Bonchev–Trinajstić information content (AvgIpc) is 2.42. The second-order valence-corrected chi connectivity index (χ2v) is 3.74. The molecule has 9 heavy (non-hydrogen) atoms. The van der Waals surface area contributed by atoms with Crippen LogP contribution in [0.2, 0.25) is 0 Å². The number of nitrogens with zero attached hydrogens (tertiary/aromatic N) is 1. The van der Waals surface area contributed by atoms with E-state index < -0.39 is 0 Å². The Labute approximate surface area is 56.9 Å². The van der Waals surface area contributed by atoms with Crippen LogP contribution in [0.25, 0.3) is 0 Å². The van der Waals surface area contributed by atoms with Crippen LogP contribution in [0, 0.1) is 0 Å². The summed E-state index contributed by atoms with van der Waals surface area (Å²) in [5, 5.41) is 1.27. The number of hydrogen-bond donors (Lipinski definition) is 0. The largest absolute Gasteiger partial charge is 0.302 e. The molecule has 3 rings (SSSR count). The van der Waals surface area contributed by atoms with Crippen LogP contribution >= 0.6 is 11.8 Å². The topological polar surface area (TPSA) is 20.3 Å². The molecule has 0 N–H and O–H groups in total. The van der Waals surface area contributed by atoms with Gasteiger partial charge in [0.2, 0.25) is 5.91 Å². The maximum absolute atomic E-state index is 10.8. The van der Waals surface area contributed by atoms with Crippen molar-refractivity contribution >= 4 is 17.7 Å². The van der Waals surface area contributed by atoms with Gasteiger partial charge in [0, 0.05) is 17.7 Å². The van der Waals surface area contributed by atoms with Crippen molar-refractivity contribution in [2.24, 2.45) is 0 Å². The van der Waals surface area contributed by atoms with E-state index in [0.717, 1.165) is 12.8 Å². The van der Waals surface area contributed by atoms with Gasteiger partial charge in [-0.2, -0.15) is 0 Å². The molecule has 0 aromatic rings. The summed E-state index contributed by atoms with van der Waals surface area (Å²) in [6.07, 6.45) is 1.96. The van der Waals surface area contributed by atoms with Gasteiger partial charge in [0.1, 0.15) is 0 Å². The molecule has 0 saturated carbocycles. The lowest BCUT2D eigenvalue weighted by Crippen LogP contribution is -2.47. The van der Waals surface area contributed by atoms with E-state index in [-0.39, 0.29) is 0 Å². The van der Waals surface area contributed by atoms with Crippen molar-refractivity contribution in [3.05, 3.63) is 9.93 Å². The van der Waals surface area contributed by atoms with Crippen LogP contribution in [-0.2, 0) is 4.79 Å². The number of hydrogen-bond acceptors (Lipinski definition) is 2. The molecule has 2 nitrogen and oxygen atoms in total. The Balaban J connectivity index is 2.03. The molecular weight excluding hydrogens is 134 g/mol. The highest BCUT2D eigenvalue weighted by atomic mass is 32.2. The highest BCUT2D eigenvalue weighted by Crippen LogP contribution is 2.59. The van der Waals surface area contributed by atoms with Crippen LogP contribution in [0.1, 0.15) is 12.8 Å². The van der Waals surface area contributed by atoms with Crippen molar-refractivity contribution in [3.8, 4) is 0 Å². The molecule has 3 heterocycles. The monoisotopic (exact) mass is 139 g/mol. The van der Waals surface area contributed by atoms with Crippen LogP contribution in [0.4, 0.5) is 0 Å². The zero-order valence-electron chi connectivity index (χ0n) is 4.76. The summed E-state index contributed by atoms with van der Waals surface area (Å²) >= 11 is 1.78. The van der Waals surface area contributed by atoms with E-state index >= 15 is 0 Å². The number of β-lactam (4-membered cyclic amide) rings is 1. The number of rotatable bonds is 0. The molecule has 1 atom stereocenters. The quantitative estimate of drug-likeness (QED) is 0.465. The van der Waals surface area contributed by atoms with Gasteiger partial charge in [-0.1, -0.05) is 11.8 Å². The minimum Gasteiger partial charge on any atom is -0.302 e. The lowest BCUT2D eigenvalue weighted by Gasteiger charge is -2.35. The number of thioether (sulfide) groups is 1. The molecule has 3 heteroatoms. The third-order valence-electron chi connectivity index (χ3n) is 2.10. The molecule has 0 aromatic carbocycles. The van der Waals surface area contributed by atoms with Crippen molar-refractivity contribution in [2.45, 2.75) is 18.9 Å². The van der Waals surface area contributed by atoms with Crippen molar-refractivity contribution < 1.29 is 4.79 Å². The number of fused-ring (bicyclic) bond motifs is 2. The van der Waals surface area contributed by atoms with Crippen LogP contribution in [0.3, 0.4) is 0 Å². The molecule has 0 bridgehead atoms. The highest BCUT2D eigenvalue weighted by molar-refractivity contribution is 8.13. The number of carbonyl (C=O) groups is 1. The maximum Gasteiger partial charge on any atom is 0.229 e. The predicted octanol–water partition coefficient (Wildman–Crippen LogP) is 0.907. The van der Waals surface area contributed by atoms with E-state index in [1.54, 1.807) is 11.8 Å². The first-order valence-corrected chi connectivity index (χ1v) is 3.91. The van der Waals surface area contributed by atoms with Crippen LogP contribution in [0.15, 0.2) is 9.93 Å². The minimum atomic E-state index is 0.329. The van der Waals surface area contributed by atoms with Crippen molar-refractivity contribution in [1.29, 1.82) is 0 Å². The van der Waals surface area contributed by atoms with Crippen molar-refractivity contribution in [2.75, 3.05) is 0 Å². The first-order chi connectivity index (χ1) is 4.36. The Morgan fingerprint density at radius 1 is 1.56 bits per heavy atom. The Kier molecular flexibility index (Phi) is 0.514. The Morgan fingerprint density at radius 2 is 2.44 bits per heavy atom. The molecule has 1 amide bonds. The van der Waals surface area contributed by atoms with E-state index in [1.807, 2.05) is 4.90 Å². The van der Waals surface area contributed by atoms with Gasteiger partial charge < -0.3 is 4.90 Å². The molecule has 46 valence electrons. The zero-order chi connectivity index (χ0) is 6.01. The van der Waals surface area contributed by atoms with Gasteiger partial charge in [-0.3, -0.25) is 4.79 Å². The maximum atomic E-state index is 10.8. The van der Waals surface area contributed by atoms with Gasteiger partial charge in [-0.05, 0) is 0 Å². The molecular formula is C6H5NOS. The van der Waals surface area contributed by atoms with Gasteiger partial charge in [0.05, 0.1) is 11.1 Å². The molecule has 1 saturated heterocycles. The van der Waals surface area contributed by atoms with Crippen molar-refractivity contribution in [1.82, 2.24) is 4.90 Å². The van der Waals surface area contributed by atoms with Gasteiger partial charge in [0.25, 0.3) is 0 Å². The Morgan fingerprint density at radius 3 is 3.00 bits per heavy atom.